The third-order valence-electron chi connectivity index (χ3n) is 3.80. The number of aromatic nitrogens is 2. The Labute approximate surface area is 134 Å². The minimum atomic E-state index is -0.209. The molecule has 0 fully saturated rings. The predicted octanol–water partition coefficient (Wildman–Crippen LogP) is 3.19. The highest BCUT2D eigenvalue weighted by atomic mass is 16.3. The van der Waals surface area contributed by atoms with E-state index in [1.807, 2.05) is 29.8 Å². The molecule has 3 aromatic rings. The van der Waals surface area contributed by atoms with Gasteiger partial charge in [0.05, 0.1) is 18.5 Å². The van der Waals surface area contributed by atoms with Crippen LogP contribution in [0.1, 0.15) is 21.9 Å². The second-order valence-electron chi connectivity index (χ2n) is 5.37. The van der Waals surface area contributed by atoms with Crippen molar-refractivity contribution in [1.82, 2.24) is 15.1 Å². The van der Waals surface area contributed by atoms with Gasteiger partial charge in [-0.05, 0) is 31.5 Å². The van der Waals surface area contributed by atoms with Crippen LogP contribution in [0.15, 0.2) is 53.1 Å². The van der Waals surface area contributed by atoms with Crippen molar-refractivity contribution >= 4 is 5.91 Å². The standard InChI is InChI=1S/C18H19N3O2/c1-13-17(15-7-4-3-5-8-15)14(2)21(20-13)11-10-19-18(22)16-9-6-12-23-16/h3-9,12H,10-11H2,1-2H3,(H,19,22). The molecule has 23 heavy (non-hydrogen) atoms. The number of rotatable bonds is 5. The summed E-state index contributed by atoms with van der Waals surface area (Å²) in [4.78, 5) is 11.8. The van der Waals surface area contributed by atoms with E-state index in [4.69, 9.17) is 4.42 Å². The number of hydrogen-bond acceptors (Lipinski definition) is 3. The van der Waals surface area contributed by atoms with Gasteiger partial charge in [0.25, 0.3) is 5.91 Å². The maximum Gasteiger partial charge on any atom is 0.287 e. The van der Waals surface area contributed by atoms with Gasteiger partial charge in [-0.25, -0.2) is 0 Å². The molecule has 0 aliphatic heterocycles. The van der Waals surface area contributed by atoms with Gasteiger partial charge in [-0.2, -0.15) is 5.10 Å². The number of nitrogens with zero attached hydrogens (tertiary/aromatic N) is 2. The lowest BCUT2D eigenvalue weighted by atomic mass is 10.0. The molecule has 0 saturated carbocycles. The van der Waals surface area contributed by atoms with Crippen molar-refractivity contribution < 1.29 is 9.21 Å². The van der Waals surface area contributed by atoms with Crippen molar-refractivity contribution in [3.8, 4) is 11.1 Å². The first kappa shape index (κ1) is 15.1. The third-order valence-corrected chi connectivity index (χ3v) is 3.80. The fourth-order valence-electron chi connectivity index (χ4n) is 2.71. The number of nitrogens with one attached hydrogen (secondary N) is 1. The fraction of sp³-hybridized carbons (Fsp3) is 0.222. The lowest BCUT2D eigenvalue weighted by Crippen LogP contribution is -2.27. The number of benzene rings is 1. The van der Waals surface area contributed by atoms with Gasteiger partial charge in [-0.15, -0.1) is 0 Å². The van der Waals surface area contributed by atoms with E-state index in [0.717, 1.165) is 22.5 Å². The topological polar surface area (TPSA) is 60.1 Å². The molecule has 0 saturated heterocycles. The van der Waals surface area contributed by atoms with E-state index in [1.165, 1.54) is 6.26 Å². The molecule has 0 aliphatic carbocycles. The normalized spacial score (nSPS) is 10.7. The summed E-state index contributed by atoms with van der Waals surface area (Å²) >= 11 is 0. The second-order valence-corrected chi connectivity index (χ2v) is 5.37. The largest absolute Gasteiger partial charge is 0.459 e. The van der Waals surface area contributed by atoms with Crippen molar-refractivity contribution in [1.29, 1.82) is 0 Å². The van der Waals surface area contributed by atoms with Gasteiger partial charge in [-0.1, -0.05) is 30.3 Å². The Bertz CT molecular complexity index is 789. The van der Waals surface area contributed by atoms with E-state index >= 15 is 0 Å². The molecule has 3 rings (SSSR count). The van der Waals surface area contributed by atoms with Crippen LogP contribution in [0.25, 0.3) is 11.1 Å². The average Bonchev–Trinajstić information content (AvgIpc) is 3.17. The molecule has 118 valence electrons. The molecule has 2 heterocycles. The Hall–Kier alpha value is -2.82. The monoisotopic (exact) mass is 309 g/mol. The zero-order chi connectivity index (χ0) is 16.2. The van der Waals surface area contributed by atoms with E-state index in [9.17, 15) is 4.79 Å². The van der Waals surface area contributed by atoms with E-state index in [1.54, 1.807) is 12.1 Å². The molecule has 0 aliphatic rings. The van der Waals surface area contributed by atoms with E-state index in [2.05, 4.69) is 29.5 Å². The van der Waals surface area contributed by atoms with Crippen molar-refractivity contribution in [3.05, 3.63) is 65.9 Å². The summed E-state index contributed by atoms with van der Waals surface area (Å²) < 4.78 is 7.00. The van der Waals surface area contributed by atoms with Gasteiger partial charge in [-0.3, -0.25) is 9.48 Å². The predicted molar refractivity (Wildman–Crippen MR) is 88.2 cm³/mol. The minimum Gasteiger partial charge on any atom is -0.459 e. The van der Waals surface area contributed by atoms with Crippen molar-refractivity contribution in [2.45, 2.75) is 20.4 Å². The summed E-state index contributed by atoms with van der Waals surface area (Å²) in [6, 6.07) is 13.6. The number of furan rings is 1. The summed E-state index contributed by atoms with van der Waals surface area (Å²) in [5.41, 5.74) is 4.41. The molecular formula is C18H19N3O2. The fourth-order valence-corrected chi connectivity index (χ4v) is 2.71. The van der Waals surface area contributed by atoms with Crippen molar-refractivity contribution in [3.63, 3.8) is 0 Å². The molecule has 5 nitrogen and oxygen atoms in total. The third kappa shape index (κ3) is 3.18. The molecule has 0 radical (unpaired) electrons. The quantitative estimate of drug-likeness (QED) is 0.787. The van der Waals surface area contributed by atoms with Crippen LogP contribution in [-0.4, -0.2) is 22.2 Å². The Morgan fingerprint density at radius 2 is 1.96 bits per heavy atom. The maximum absolute atomic E-state index is 11.8. The van der Waals surface area contributed by atoms with Crippen molar-refractivity contribution in [2.24, 2.45) is 0 Å². The summed E-state index contributed by atoms with van der Waals surface area (Å²) in [6.45, 7) is 5.17. The Balaban J connectivity index is 1.69. The zero-order valence-corrected chi connectivity index (χ0v) is 13.2. The van der Waals surface area contributed by atoms with E-state index in [0.29, 0.717) is 18.8 Å². The van der Waals surface area contributed by atoms with Gasteiger partial charge in [0, 0.05) is 17.8 Å². The molecule has 1 aromatic carbocycles. The number of aryl methyl sites for hydroxylation is 1. The van der Waals surface area contributed by atoms with Crippen LogP contribution < -0.4 is 5.32 Å². The van der Waals surface area contributed by atoms with Crippen LogP contribution in [0, 0.1) is 13.8 Å². The second kappa shape index (κ2) is 6.52. The van der Waals surface area contributed by atoms with Gasteiger partial charge < -0.3 is 9.73 Å². The summed E-state index contributed by atoms with van der Waals surface area (Å²) in [7, 11) is 0. The molecular weight excluding hydrogens is 290 g/mol. The molecule has 0 atom stereocenters. The number of amides is 1. The molecule has 5 heteroatoms. The lowest BCUT2D eigenvalue weighted by molar-refractivity contribution is 0.0924. The van der Waals surface area contributed by atoms with Gasteiger partial charge in [0.15, 0.2) is 5.76 Å². The average molecular weight is 309 g/mol. The Kier molecular flexibility index (Phi) is 4.28. The van der Waals surface area contributed by atoms with Crippen LogP contribution >= 0.6 is 0 Å². The first-order chi connectivity index (χ1) is 11.2. The van der Waals surface area contributed by atoms with E-state index < -0.39 is 0 Å². The molecule has 1 amide bonds. The highest BCUT2D eigenvalue weighted by Crippen LogP contribution is 2.26. The maximum atomic E-state index is 11.8. The Morgan fingerprint density at radius 1 is 1.17 bits per heavy atom. The molecule has 0 unspecified atom stereocenters. The van der Waals surface area contributed by atoms with Crippen LogP contribution in [0.4, 0.5) is 0 Å². The minimum absolute atomic E-state index is 0.209. The molecule has 1 N–H and O–H groups in total. The number of carbonyl (C=O) groups is 1. The zero-order valence-electron chi connectivity index (χ0n) is 13.2. The molecule has 2 aromatic heterocycles. The molecule has 0 bridgehead atoms. The van der Waals surface area contributed by atoms with Gasteiger partial charge in [0.1, 0.15) is 0 Å². The first-order valence-electron chi connectivity index (χ1n) is 7.58. The Morgan fingerprint density at radius 3 is 2.65 bits per heavy atom. The van der Waals surface area contributed by atoms with Crippen LogP contribution in [0.2, 0.25) is 0 Å². The van der Waals surface area contributed by atoms with Crippen LogP contribution in [0.5, 0.6) is 0 Å². The molecule has 0 spiro atoms. The first-order valence-corrected chi connectivity index (χ1v) is 7.58. The van der Waals surface area contributed by atoms with Crippen molar-refractivity contribution in [2.75, 3.05) is 6.54 Å². The lowest BCUT2D eigenvalue weighted by Gasteiger charge is -2.07. The highest BCUT2D eigenvalue weighted by Gasteiger charge is 2.13. The van der Waals surface area contributed by atoms with E-state index in [-0.39, 0.29) is 5.91 Å². The number of hydrogen-bond donors (Lipinski definition) is 1. The van der Waals surface area contributed by atoms with Crippen LogP contribution in [0.3, 0.4) is 0 Å². The summed E-state index contributed by atoms with van der Waals surface area (Å²) in [5, 5.41) is 7.42. The van der Waals surface area contributed by atoms with Crippen LogP contribution in [-0.2, 0) is 6.54 Å². The smallest absolute Gasteiger partial charge is 0.287 e. The summed E-state index contributed by atoms with van der Waals surface area (Å²) in [6.07, 6.45) is 1.49. The number of carbonyl (C=O) groups excluding carboxylic acids is 1. The summed E-state index contributed by atoms with van der Waals surface area (Å²) in [5.74, 6) is 0.114. The van der Waals surface area contributed by atoms with Gasteiger partial charge >= 0.3 is 0 Å². The SMILES string of the molecule is Cc1nn(CCNC(=O)c2ccco2)c(C)c1-c1ccccc1. The van der Waals surface area contributed by atoms with Gasteiger partial charge in [0.2, 0.25) is 0 Å². The highest BCUT2D eigenvalue weighted by molar-refractivity contribution is 5.91.